The van der Waals surface area contributed by atoms with Gasteiger partial charge in [0.1, 0.15) is 11.4 Å². The summed E-state index contributed by atoms with van der Waals surface area (Å²) in [6.07, 6.45) is -0.289. The van der Waals surface area contributed by atoms with Crippen LogP contribution in [0.15, 0.2) is 16.6 Å². The Hall–Kier alpha value is -0.850. The van der Waals surface area contributed by atoms with Crippen LogP contribution in [-0.2, 0) is 11.3 Å². The molecule has 1 saturated heterocycles. The van der Waals surface area contributed by atoms with Crippen molar-refractivity contribution in [1.29, 1.82) is 0 Å². The van der Waals surface area contributed by atoms with E-state index in [0.717, 1.165) is 5.56 Å². The minimum Gasteiger partial charge on any atom is -0.444 e. The molecule has 2 rings (SSSR count). The molecule has 0 spiro atoms. The van der Waals surface area contributed by atoms with Crippen LogP contribution in [0.3, 0.4) is 0 Å². The van der Waals surface area contributed by atoms with Crippen molar-refractivity contribution in [3.63, 3.8) is 0 Å². The number of piperazine rings is 1. The molecule has 0 unspecified atom stereocenters. The highest BCUT2D eigenvalue weighted by Crippen LogP contribution is 2.26. The summed E-state index contributed by atoms with van der Waals surface area (Å²) in [4.78, 5) is 16.1. The van der Waals surface area contributed by atoms with Gasteiger partial charge in [-0.15, -0.1) is 0 Å². The zero-order valence-electron chi connectivity index (χ0n) is 14.4. The maximum absolute atomic E-state index is 13.7. The van der Waals surface area contributed by atoms with Gasteiger partial charge < -0.3 is 9.64 Å². The van der Waals surface area contributed by atoms with Gasteiger partial charge in [0, 0.05) is 37.2 Å². The Kier molecular flexibility index (Phi) is 6.15. The van der Waals surface area contributed by atoms with Crippen LogP contribution in [-0.4, -0.2) is 47.2 Å². The van der Waals surface area contributed by atoms with Crippen molar-refractivity contribution in [3.05, 3.63) is 33.0 Å². The van der Waals surface area contributed by atoms with E-state index < -0.39 is 5.60 Å². The van der Waals surface area contributed by atoms with Crippen LogP contribution in [0.4, 0.5) is 9.18 Å². The van der Waals surface area contributed by atoms with Crippen molar-refractivity contribution >= 4 is 33.6 Å². The fraction of sp³-hybridized carbons (Fsp3) is 0.588. The van der Waals surface area contributed by atoms with Gasteiger partial charge in [0.25, 0.3) is 0 Å². The molecule has 1 atom stereocenters. The first-order valence-corrected chi connectivity index (χ1v) is 9.09. The summed E-state index contributed by atoms with van der Waals surface area (Å²) in [7, 11) is 0. The molecule has 7 heteroatoms. The summed E-state index contributed by atoms with van der Waals surface area (Å²) in [5.41, 5.74) is 0.242. The number of halogens is 3. The number of ether oxygens (including phenoxy) is 1. The summed E-state index contributed by atoms with van der Waals surface area (Å²) in [5.74, 6) is -0.324. The third-order valence-corrected chi connectivity index (χ3v) is 4.78. The molecular formula is C17H23BrClFN2O2. The highest BCUT2D eigenvalue weighted by molar-refractivity contribution is 9.10. The third kappa shape index (κ3) is 5.07. The maximum Gasteiger partial charge on any atom is 0.410 e. The first kappa shape index (κ1) is 19.5. The number of hydrogen-bond donors (Lipinski definition) is 0. The first-order chi connectivity index (χ1) is 11.1. The minimum absolute atomic E-state index is 0.0210. The number of amides is 1. The van der Waals surface area contributed by atoms with Gasteiger partial charge in [-0.1, -0.05) is 11.6 Å². The van der Waals surface area contributed by atoms with Crippen LogP contribution in [0, 0.1) is 5.82 Å². The molecular weight excluding hydrogens is 399 g/mol. The smallest absolute Gasteiger partial charge is 0.410 e. The lowest BCUT2D eigenvalue weighted by Gasteiger charge is -2.40. The van der Waals surface area contributed by atoms with E-state index in [1.807, 2.05) is 27.7 Å². The number of hydrogen-bond acceptors (Lipinski definition) is 3. The van der Waals surface area contributed by atoms with E-state index in [1.165, 1.54) is 6.07 Å². The Morgan fingerprint density at radius 1 is 1.42 bits per heavy atom. The molecule has 0 aliphatic carbocycles. The van der Waals surface area contributed by atoms with Crippen molar-refractivity contribution in [2.45, 2.75) is 45.9 Å². The SMILES string of the molecule is C[C@H]1CN(Cc2cc(F)c(Br)cc2Cl)CCN1C(=O)OC(C)(C)C. The lowest BCUT2D eigenvalue weighted by molar-refractivity contribution is 0.000559. The van der Waals surface area contributed by atoms with Crippen LogP contribution in [0.1, 0.15) is 33.3 Å². The van der Waals surface area contributed by atoms with Gasteiger partial charge in [-0.05, 0) is 61.3 Å². The van der Waals surface area contributed by atoms with E-state index in [9.17, 15) is 9.18 Å². The quantitative estimate of drug-likeness (QED) is 0.650. The van der Waals surface area contributed by atoms with Crippen LogP contribution in [0.25, 0.3) is 0 Å². The fourth-order valence-corrected chi connectivity index (χ4v) is 3.39. The van der Waals surface area contributed by atoms with E-state index in [1.54, 1.807) is 11.0 Å². The van der Waals surface area contributed by atoms with Gasteiger partial charge in [-0.3, -0.25) is 4.90 Å². The summed E-state index contributed by atoms with van der Waals surface area (Å²) < 4.78 is 19.5. The Labute approximate surface area is 156 Å². The highest BCUT2D eigenvalue weighted by atomic mass is 79.9. The van der Waals surface area contributed by atoms with Gasteiger partial charge >= 0.3 is 6.09 Å². The molecule has 4 nitrogen and oxygen atoms in total. The predicted octanol–water partition coefficient (Wildman–Crippen LogP) is 4.68. The molecule has 1 fully saturated rings. The van der Waals surface area contributed by atoms with Gasteiger partial charge in [0.05, 0.1) is 4.47 Å². The van der Waals surface area contributed by atoms with Crippen molar-refractivity contribution in [3.8, 4) is 0 Å². The van der Waals surface area contributed by atoms with Crippen LogP contribution < -0.4 is 0 Å². The van der Waals surface area contributed by atoms with E-state index >= 15 is 0 Å². The number of carbonyl (C=O) groups excluding carboxylic acids is 1. The molecule has 1 aliphatic rings. The largest absolute Gasteiger partial charge is 0.444 e. The standard InChI is InChI=1S/C17H23BrClFN2O2/c1-11-9-21(5-6-22(11)16(23)24-17(2,3)4)10-12-7-15(20)13(18)8-14(12)19/h7-8,11H,5-6,9-10H2,1-4H3/t11-/m0/s1. The average molecular weight is 422 g/mol. The first-order valence-electron chi connectivity index (χ1n) is 7.92. The Morgan fingerprint density at radius 2 is 2.08 bits per heavy atom. The molecule has 0 N–H and O–H groups in total. The summed E-state index contributed by atoms with van der Waals surface area (Å²) in [6, 6.07) is 3.05. The molecule has 0 bridgehead atoms. The molecule has 0 radical (unpaired) electrons. The molecule has 134 valence electrons. The van der Waals surface area contributed by atoms with E-state index in [0.29, 0.717) is 35.7 Å². The second kappa shape index (κ2) is 7.58. The number of carbonyl (C=O) groups is 1. The van der Waals surface area contributed by atoms with E-state index in [-0.39, 0.29) is 18.0 Å². The second-order valence-electron chi connectivity index (χ2n) is 7.12. The van der Waals surface area contributed by atoms with Crippen molar-refractivity contribution in [1.82, 2.24) is 9.80 Å². The Morgan fingerprint density at radius 3 is 2.67 bits per heavy atom. The fourth-order valence-electron chi connectivity index (χ4n) is 2.69. The van der Waals surface area contributed by atoms with Crippen LogP contribution in [0.5, 0.6) is 0 Å². The Bertz CT molecular complexity index is 621. The van der Waals surface area contributed by atoms with E-state index in [2.05, 4.69) is 20.8 Å². The van der Waals surface area contributed by atoms with Gasteiger partial charge in [0.15, 0.2) is 0 Å². The van der Waals surface area contributed by atoms with E-state index in [4.69, 9.17) is 16.3 Å². The molecule has 1 aromatic carbocycles. The molecule has 1 aromatic rings. The molecule has 1 aliphatic heterocycles. The summed E-state index contributed by atoms with van der Waals surface area (Å²) in [5, 5.41) is 0.533. The average Bonchev–Trinajstić information content (AvgIpc) is 2.42. The molecule has 0 saturated carbocycles. The lowest BCUT2D eigenvalue weighted by atomic mass is 10.1. The van der Waals surface area contributed by atoms with Crippen LogP contribution in [0.2, 0.25) is 5.02 Å². The second-order valence-corrected chi connectivity index (χ2v) is 8.38. The van der Waals surface area contributed by atoms with Crippen LogP contribution >= 0.6 is 27.5 Å². The van der Waals surface area contributed by atoms with Gasteiger partial charge in [-0.25, -0.2) is 9.18 Å². The highest BCUT2D eigenvalue weighted by Gasteiger charge is 2.31. The lowest BCUT2D eigenvalue weighted by Crippen LogP contribution is -2.54. The van der Waals surface area contributed by atoms with Crippen molar-refractivity contribution in [2.75, 3.05) is 19.6 Å². The Balaban J connectivity index is 1.98. The summed E-state index contributed by atoms with van der Waals surface area (Å²) in [6.45, 7) is 10.1. The number of nitrogens with zero attached hydrogens (tertiary/aromatic N) is 2. The maximum atomic E-state index is 13.7. The monoisotopic (exact) mass is 420 g/mol. The van der Waals surface area contributed by atoms with Crippen molar-refractivity contribution < 1.29 is 13.9 Å². The normalized spacial score (nSPS) is 19.5. The molecule has 0 aromatic heterocycles. The third-order valence-electron chi connectivity index (χ3n) is 3.82. The zero-order chi connectivity index (χ0) is 18.1. The summed E-state index contributed by atoms with van der Waals surface area (Å²) >= 11 is 9.33. The minimum atomic E-state index is -0.504. The van der Waals surface area contributed by atoms with Gasteiger partial charge in [-0.2, -0.15) is 0 Å². The van der Waals surface area contributed by atoms with Crippen molar-refractivity contribution in [2.24, 2.45) is 0 Å². The van der Waals surface area contributed by atoms with Gasteiger partial charge in [0.2, 0.25) is 0 Å². The number of rotatable bonds is 2. The molecule has 24 heavy (non-hydrogen) atoms. The molecule has 1 amide bonds. The topological polar surface area (TPSA) is 32.8 Å². The number of benzene rings is 1. The zero-order valence-corrected chi connectivity index (χ0v) is 16.7. The predicted molar refractivity (Wildman–Crippen MR) is 96.8 cm³/mol. The molecule has 1 heterocycles.